The lowest BCUT2D eigenvalue weighted by atomic mass is 9.95. The Bertz CT molecular complexity index is 561. The molecule has 0 aliphatic rings. The fourth-order valence-corrected chi connectivity index (χ4v) is 1.87. The van der Waals surface area contributed by atoms with E-state index >= 15 is 0 Å². The molecule has 20 heavy (non-hydrogen) atoms. The first-order valence-corrected chi connectivity index (χ1v) is 6.51. The first kappa shape index (κ1) is 16.1. The predicted octanol–water partition coefficient (Wildman–Crippen LogP) is 2.65. The summed E-state index contributed by atoms with van der Waals surface area (Å²) < 4.78 is 0.357. The highest BCUT2D eigenvalue weighted by molar-refractivity contribution is 9.10. The van der Waals surface area contributed by atoms with E-state index in [4.69, 9.17) is 5.11 Å². The van der Waals surface area contributed by atoms with Crippen molar-refractivity contribution in [2.24, 2.45) is 11.8 Å². The summed E-state index contributed by atoms with van der Waals surface area (Å²) in [5.41, 5.74) is 0.242. The molecule has 0 aliphatic carbocycles. The number of nitro groups is 1. The molecule has 0 saturated heterocycles. The molecule has 0 heterocycles. The number of halogens is 1. The molecule has 1 amide bonds. The van der Waals surface area contributed by atoms with Crippen LogP contribution in [0.5, 0.6) is 0 Å². The van der Waals surface area contributed by atoms with Crippen LogP contribution in [0.3, 0.4) is 0 Å². The van der Waals surface area contributed by atoms with Crippen molar-refractivity contribution in [2.75, 3.05) is 5.32 Å². The summed E-state index contributed by atoms with van der Waals surface area (Å²) in [6, 6.07) is 3.91. The third-order valence-corrected chi connectivity index (χ3v) is 3.63. The van der Waals surface area contributed by atoms with Crippen LogP contribution in [-0.4, -0.2) is 21.9 Å². The summed E-state index contributed by atoms with van der Waals surface area (Å²) in [4.78, 5) is 32.8. The van der Waals surface area contributed by atoms with Gasteiger partial charge < -0.3 is 10.4 Å². The average Bonchev–Trinajstić information content (AvgIpc) is 2.38. The lowest BCUT2D eigenvalue weighted by Crippen LogP contribution is -2.30. The third kappa shape index (κ3) is 3.77. The average molecular weight is 345 g/mol. The molecule has 0 radical (unpaired) electrons. The SMILES string of the molecule is CC(C(=O)O)C(C)C(=O)Nc1ccc([N+](=O)[O-])cc1Br. The second-order valence-electron chi connectivity index (χ2n) is 4.33. The minimum absolute atomic E-state index is 0.109. The fraction of sp³-hybridized carbons (Fsp3) is 0.333. The topological polar surface area (TPSA) is 110 Å². The van der Waals surface area contributed by atoms with Crippen molar-refractivity contribution in [1.82, 2.24) is 0 Å². The Kier molecular flexibility index (Phi) is 5.20. The van der Waals surface area contributed by atoms with Gasteiger partial charge in [-0.1, -0.05) is 13.8 Å². The van der Waals surface area contributed by atoms with Gasteiger partial charge in [-0.15, -0.1) is 0 Å². The van der Waals surface area contributed by atoms with E-state index in [1.54, 1.807) is 0 Å². The highest BCUT2D eigenvalue weighted by atomic mass is 79.9. The van der Waals surface area contributed by atoms with Gasteiger partial charge in [-0.3, -0.25) is 19.7 Å². The smallest absolute Gasteiger partial charge is 0.307 e. The molecule has 2 unspecified atom stereocenters. The summed E-state index contributed by atoms with van der Waals surface area (Å²) in [6.07, 6.45) is 0. The molecule has 1 aromatic rings. The summed E-state index contributed by atoms with van der Waals surface area (Å²) in [5, 5.41) is 22.0. The van der Waals surface area contributed by atoms with Gasteiger partial charge >= 0.3 is 5.97 Å². The number of hydrogen-bond acceptors (Lipinski definition) is 4. The molecule has 0 aromatic heterocycles. The van der Waals surface area contributed by atoms with E-state index in [0.717, 1.165) is 0 Å². The largest absolute Gasteiger partial charge is 0.481 e. The lowest BCUT2D eigenvalue weighted by Gasteiger charge is -2.16. The molecule has 0 spiro atoms. The van der Waals surface area contributed by atoms with Crippen molar-refractivity contribution in [1.29, 1.82) is 0 Å². The fourth-order valence-electron chi connectivity index (χ4n) is 1.41. The quantitative estimate of drug-likeness (QED) is 0.630. The second kappa shape index (κ2) is 6.47. The first-order valence-electron chi connectivity index (χ1n) is 5.71. The number of hydrogen-bond donors (Lipinski definition) is 2. The zero-order chi connectivity index (χ0) is 15.4. The predicted molar refractivity (Wildman–Crippen MR) is 75.4 cm³/mol. The Labute approximate surface area is 123 Å². The Hall–Kier alpha value is -1.96. The Morgan fingerprint density at radius 2 is 1.95 bits per heavy atom. The minimum Gasteiger partial charge on any atom is -0.481 e. The van der Waals surface area contributed by atoms with E-state index in [1.165, 1.54) is 32.0 Å². The van der Waals surface area contributed by atoms with Gasteiger partial charge in [0.2, 0.25) is 5.91 Å². The molecule has 0 saturated carbocycles. The van der Waals surface area contributed by atoms with Gasteiger partial charge in [0.1, 0.15) is 0 Å². The number of carbonyl (C=O) groups is 2. The second-order valence-corrected chi connectivity index (χ2v) is 5.18. The molecule has 2 N–H and O–H groups in total. The number of anilines is 1. The molecule has 8 heteroatoms. The summed E-state index contributed by atoms with van der Waals surface area (Å²) >= 11 is 3.12. The van der Waals surface area contributed by atoms with Crippen LogP contribution in [0.4, 0.5) is 11.4 Å². The molecule has 0 fully saturated rings. The van der Waals surface area contributed by atoms with Crippen molar-refractivity contribution in [2.45, 2.75) is 13.8 Å². The van der Waals surface area contributed by atoms with Crippen LogP contribution < -0.4 is 5.32 Å². The number of nitrogens with zero attached hydrogens (tertiary/aromatic N) is 1. The summed E-state index contributed by atoms with van der Waals surface area (Å²) in [5.74, 6) is -3.08. The highest BCUT2D eigenvalue weighted by Crippen LogP contribution is 2.28. The molecule has 2 atom stereocenters. The van der Waals surface area contributed by atoms with Crippen LogP contribution in [-0.2, 0) is 9.59 Å². The van der Waals surface area contributed by atoms with E-state index in [1.807, 2.05) is 0 Å². The van der Waals surface area contributed by atoms with Crippen LogP contribution >= 0.6 is 15.9 Å². The van der Waals surface area contributed by atoms with Crippen molar-refractivity contribution >= 4 is 39.2 Å². The molecule has 0 bridgehead atoms. The summed E-state index contributed by atoms with van der Waals surface area (Å²) in [7, 11) is 0. The van der Waals surface area contributed by atoms with Gasteiger partial charge in [0.15, 0.2) is 0 Å². The lowest BCUT2D eigenvalue weighted by molar-refractivity contribution is -0.384. The number of non-ortho nitro benzene ring substituents is 1. The third-order valence-electron chi connectivity index (χ3n) is 2.97. The molecular formula is C12H13BrN2O5. The zero-order valence-corrected chi connectivity index (χ0v) is 12.4. The Morgan fingerprint density at radius 3 is 2.40 bits per heavy atom. The van der Waals surface area contributed by atoms with Gasteiger partial charge in [-0.25, -0.2) is 0 Å². The molecule has 7 nitrogen and oxygen atoms in total. The van der Waals surface area contributed by atoms with Crippen LogP contribution in [0.15, 0.2) is 22.7 Å². The maximum atomic E-state index is 11.9. The van der Waals surface area contributed by atoms with Gasteiger partial charge in [-0.2, -0.15) is 0 Å². The van der Waals surface area contributed by atoms with E-state index in [0.29, 0.717) is 10.2 Å². The van der Waals surface area contributed by atoms with Gasteiger partial charge in [-0.05, 0) is 22.0 Å². The number of carboxylic acids is 1. The number of amides is 1. The molecular weight excluding hydrogens is 332 g/mol. The molecule has 108 valence electrons. The normalized spacial score (nSPS) is 13.3. The Morgan fingerprint density at radius 1 is 1.35 bits per heavy atom. The number of nitrogens with one attached hydrogen (secondary N) is 1. The molecule has 1 aromatic carbocycles. The van der Waals surface area contributed by atoms with Crippen molar-refractivity contribution in [3.8, 4) is 0 Å². The van der Waals surface area contributed by atoms with Crippen LogP contribution in [0, 0.1) is 22.0 Å². The number of benzene rings is 1. The number of carbonyl (C=O) groups excluding carboxylic acids is 1. The van der Waals surface area contributed by atoms with Crippen molar-refractivity contribution < 1.29 is 19.6 Å². The Balaban J connectivity index is 2.86. The van der Waals surface area contributed by atoms with Crippen LogP contribution in [0.25, 0.3) is 0 Å². The number of carboxylic acid groups (broad SMARTS) is 1. The van der Waals surface area contributed by atoms with Crippen LogP contribution in [0.2, 0.25) is 0 Å². The van der Waals surface area contributed by atoms with Crippen molar-refractivity contribution in [3.05, 3.63) is 32.8 Å². The van der Waals surface area contributed by atoms with Gasteiger partial charge in [0.05, 0.1) is 16.5 Å². The molecule has 1 rings (SSSR count). The van der Waals surface area contributed by atoms with E-state index in [9.17, 15) is 19.7 Å². The monoisotopic (exact) mass is 344 g/mol. The zero-order valence-electron chi connectivity index (χ0n) is 10.8. The molecule has 0 aliphatic heterocycles. The van der Waals surface area contributed by atoms with E-state index < -0.39 is 28.6 Å². The first-order chi connectivity index (χ1) is 9.23. The van der Waals surface area contributed by atoms with E-state index in [2.05, 4.69) is 21.2 Å². The maximum absolute atomic E-state index is 11.9. The standard InChI is InChI=1S/C12H13BrN2O5/c1-6(7(2)12(17)18)11(16)14-10-4-3-8(15(19)20)5-9(10)13/h3-7H,1-2H3,(H,14,16)(H,17,18). The number of aliphatic carboxylic acids is 1. The minimum atomic E-state index is -1.06. The van der Waals surface area contributed by atoms with E-state index in [-0.39, 0.29) is 5.69 Å². The van der Waals surface area contributed by atoms with Gasteiger partial charge in [0, 0.05) is 22.5 Å². The summed E-state index contributed by atoms with van der Waals surface area (Å²) in [6.45, 7) is 2.95. The van der Waals surface area contributed by atoms with Crippen LogP contribution in [0.1, 0.15) is 13.8 Å². The number of nitro benzene ring substituents is 1. The number of rotatable bonds is 5. The maximum Gasteiger partial charge on any atom is 0.307 e. The highest BCUT2D eigenvalue weighted by Gasteiger charge is 2.26. The van der Waals surface area contributed by atoms with Gasteiger partial charge in [0.25, 0.3) is 5.69 Å². The van der Waals surface area contributed by atoms with Crippen molar-refractivity contribution in [3.63, 3.8) is 0 Å².